The van der Waals surface area contributed by atoms with Gasteiger partial charge in [0.1, 0.15) is 5.75 Å². The first-order valence-corrected chi connectivity index (χ1v) is 5.28. The minimum absolute atomic E-state index is 0.360. The minimum Gasteiger partial charge on any atom is -0.496 e. The van der Waals surface area contributed by atoms with Crippen molar-refractivity contribution in [3.63, 3.8) is 0 Å². The summed E-state index contributed by atoms with van der Waals surface area (Å²) in [5.74, 6) is 0.841. The first kappa shape index (κ1) is 12.0. The Kier molecular flexibility index (Phi) is 5.15. The van der Waals surface area contributed by atoms with Crippen molar-refractivity contribution in [2.45, 2.75) is 19.4 Å². The van der Waals surface area contributed by atoms with E-state index in [4.69, 9.17) is 4.74 Å². The van der Waals surface area contributed by atoms with Crippen LogP contribution in [0.4, 0.5) is 0 Å². The van der Waals surface area contributed by atoms with Gasteiger partial charge in [-0.15, -0.1) is 0 Å². The summed E-state index contributed by atoms with van der Waals surface area (Å²) in [4.78, 5) is 0. The van der Waals surface area contributed by atoms with Gasteiger partial charge in [0.25, 0.3) is 0 Å². The summed E-state index contributed by atoms with van der Waals surface area (Å²) in [6.07, 6.45) is 0.262. The lowest BCUT2D eigenvalue weighted by Crippen LogP contribution is -2.28. The third-order valence-electron chi connectivity index (χ3n) is 2.28. The lowest BCUT2D eigenvalue weighted by atomic mass is 10.1. The summed E-state index contributed by atoms with van der Waals surface area (Å²) in [5.41, 5.74) is 1.05. The highest BCUT2D eigenvalue weighted by Gasteiger charge is 2.08. The standard InChI is InChI=1S/C12H19NO2/c1-3-13-9-11(14)8-10-6-4-5-7-12(10)15-2/h4-7,11,13-14H,3,8-9H2,1-2H3/t11-/m1/s1. The van der Waals surface area contributed by atoms with E-state index in [-0.39, 0.29) is 6.10 Å². The van der Waals surface area contributed by atoms with Gasteiger partial charge in [0.2, 0.25) is 0 Å². The number of ether oxygens (including phenoxy) is 1. The van der Waals surface area contributed by atoms with E-state index in [0.717, 1.165) is 17.9 Å². The van der Waals surface area contributed by atoms with E-state index in [9.17, 15) is 5.11 Å². The number of hydrogen-bond acceptors (Lipinski definition) is 3. The largest absolute Gasteiger partial charge is 0.496 e. The summed E-state index contributed by atoms with van der Waals surface area (Å²) in [6.45, 7) is 3.52. The molecule has 0 bridgehead atoms. The van der Waals surface area contributed by atoms with Crippen LogP contribution < -0.4 is 10.1 Å². The molecule has 0 aliphatic carbocycles. The SMILES string of the molecule is CCNC[C@H](O)Cc1ccccc1OC. The Bertz CT molecular complexity index is 289. The molecule has 3 nitrogen and oxygen atoms in total. The van der Waals surface area contributed by atoms with E-state index in [1.165, 1.54) is 0 Å². The fourth-order valence-corrected chi connectivity index (χ4v) is 1.51. The quantitative estimate of drug-likeness (QED) is 0.740. The van der Waals surface area contributed by atoms with Gasteiger partial charge in [-0.25, -0.2) is 0 Å². The highest BCUT2D eigenvalue weighted by molar-refractivity contribution is 5.33. The van der Waals surface area contributed by atoms with Crippen molar-refractivity contribution < 1.29 is 9.84 Å². The first-order chi connectivity index (χ1) is 7.27. The highest BCUT2D eigenvalue weighted by Crippen LogP contribution is 2.18. The number of likely N-dealkylation sites (N-methyl/N-ethyl adjacent to an activating group) is 1. The van der Waals surface area contributed by atoms with Gasteiger partial charge < -0.3 is 15.2 Å². The summed E-state index contributed by atoms with van der Waals surface area (Å²) in [6, 6.07) is 7.78. The van der Waals surface area contributed by atoms with E-state index in [0.29, 0.717) is 13.0 Å². The van der Waals surface area contributed by atoms with Crippen LogP contribution in [0.25, 0.3) is 0 Å². The maximum atomic E-state index is 9.74. The average Bonchev–Trinajstić information content (AvgIpc) is 2.27. The van der Waals surface area contributed by atoms with E-state index in [2.05, 4.69) is 5.32 Å². The van der Waals surface area contributed by atoms with Crippen LogP contribution in [0.5, 0.6) is 5.75 Å². The molecular formula is C12H19NO2. The van der Waals surface area contributed by atoms with E-state index in [1.54, 1.807) is 7.11 Å². The van der Waals surface area contributed by atoms with Gasteiger partial charge in [-0.1, -0.05) is 25.1 Å². The molecule has 0 saturated carbocycles. The molecule has 0 spiro atoms. The molecule has 0 radical (unpaired) electrons. The predicted octanol–water partition coefficient (Wildman–Crippen LogP) is 1.21. The van der Waals surface area contributed by atoms with Gasteiger partial charge in [-0.3, -0.25) is 0 Å². The molecule has 1 aromatic rings. The average molecular weight is 209 g/mol. The molecule has 0 saturated heterocycles. The zero-order valence-electron chi connectivity index (χ0n) is 9.36. The number of benzene rings is 1. The minimum atomic E-state index is -0.360. The van der Waals surface area contributed by atoms with Crippen LogP contribution in [0, 0.1) is 0 Å². The number of aliphatic hydroxyl groups is 1. The predicted molar refractivity (Wildman–Crippen MR) is 61.2 cm³/mol. The monoisotopic (exact) mass is 209 g/mol. The maximum absolute atomic E-state index is 9.74. The molecule has 2 N–H and O–H groups in total. The smallest absolute Gasteiger partial charge is 0.122 e. The van der Waals surface area contributed by atoms with Crippen LogP contribution in [0.1, 0.15) is 12.5 Å². The van der Waals surface area contributed by atoms with Gasteiger partial charge in [0, 0.05) is 13.0 Å². The maximum Gasteiger partial charge on any atom is 0.122 e. The zero-order chi connectivity index (χ0) is 11.1. The van der Waals surface area contributed by atoms with Gasteiger partial charge in [-0.2, -0.15) is 0 Å². The summed E-state index contributed by atoms with van der Waals surface area (Å²) >= 11 is 0. The van der Waals surface area contributed by atoms with Crippen molar-refractivity contribution in [2.75, 3.05) is 20.2 Å². The molecule has 0 aromatic heterocycles. The van der Waals surface area contributed by atoms with Crippen LogP contribution in [-0.4, -0.2) is 31.4 Å². The molecule has 3 heteroatoms. The Balaban J connectivity index is 2.55. The third-order valence-corrected chi connectivity index (χ3v) is 2.28. The highest BCUT2D eigenvalue weighted by atomic mass is 16.5. The Hall–Kier alpha value is -1.06. The lowest BCUT2D eigenvalue weighted by Gasteiger charge is -2.13. The van der Waals surface area contributed by atoms with Crippen molar-refractivity contribution in [2.24, 2.45) is 0 Å². The summed E-state index contributed by atoms with van der Waals surface area (Å²) in [5, 5.41) is 12.9. The van der Waals surface area contributed by atoms with Crippen molar-refractivity contribution >= 4 is 0 Å². The summed E-state index contributed by atoms with van der Waals surface area (Å²) < 4.78 is 5.22. The zero-order valence-corrected chi connectivity index (χ0v) is 9.36. The number of rotatable bonds is 6. The van der Waals surface area contributed by atoms with Crippen LogP contribution in [0.2, 0.25) is 0 Å². The molecule has 1 atom stereocenters. The first-order valence-electron chi connectivity index (χ1n) is 5.28. The number of nitrogens with one attached hydrogen (secondary N) is 1. The van der Waals surface area contributed by atoms with E-state index < -0.39 is 0 Å². The second-order valence-corrected chi connectivity index (χ2v) is 3.48. The molecule has 0 fully saturated rings. The van der Waals surface area contributed by atoms with Gasteiger partial charge in [0.05, 0.1) is 13.2 Å². The fraction of sp³-hybridized carbons (Fsp3) is 0.500. The molecule has 1 rings (SSSR count). The number of aliphatic hydroxyl groups excluding tert-OH is 1. The van der Waals surface area contributed by atoms with Gasteiger partial charge in [-0.05, 0) is 18.2 Å². The van der Waals surface area contributed by atoms with E-state index >= 15 is 0 Å². The van der Waals surface area contributed by atoms with Crippen LogP contribution in [0.3, 0.4) is 0 Å². The van der Waals surface area contributed by atoms with Crippen molar-refractivity contribution in [3.8, 4) is 5.75 Å². The molecule has 0 amide bonds. The normalized spacial score (nSPS) is 12.5. The second kappa shape index (κ2) is 6.43. The molecule has 0 aliphatic heterocycles. The fourth-order valence-electron chi connectivity index (χ4n) is 1.51. The second-order valence-electron chi connectivity index (χ2n) is 3.48. The number of methoxy groups -OCH3 is 1. The summed E-state index contributed by atoms with van der Waals surface area (Å²) in [7, 11) is 1.65. The van der Waals surface area contributed by atoms with Crippen molar-refractivity contribution in [3.05, 3.63) is 29.8 Å². The molecule has 0 heterocycles. The Labute approximate surface area is 91.1 Å². The van der Waals surface area contributed by atoms with E-state index in [1.807, 2.05) is 31.2 Å². The number of hydrogen-bond donors (Lipinski definition) is 2. The molecule has 84 valence electrons. The molecule has 0 aliphatic rings. The Morgan fingerprint density at radius 2 is 2.13 bits per heavy atom. The molecule has 15 heavy (non-hydrogen) atoms. The lowest BCUT2D eigenvalue weighted by molar-refractivity contribution is 0.171. The van der Waals surface area contributed by atoms with Crippen LogP contribution in [0.15, 0.2) is 24.3 Å². The van der Waals surface area contributed by atoms with Gasteiger partial charge >= 0.3 is 0 Å². The number of para-hydroxylation sites is 1. The molecule has 1 aromatic carbocycles. The molecule has 0 unspecified atom stereocenters. The van der Waals surface area contributed by atoms with Gasteiger partial charge in [0.15, 0.2) is 0 Å². The Morgan fingerprint density at radius 1 is 1.40 bits per heavy atom. The van der Waals surface area contributed by atoms with Crippen molar-refractivity contribution in [1.82, 2.24) is 5.32 Å². The third kappa shape index (κ3) is 3.90. The molecular weight excluding hydrogens is 190 g/mol. The van der Waals surface area contributed by atoms with Crippen LogP contribution in [-0.2, 0) is 6.42 Å². The topological polar surface area (TPSA) is 41.5 Å². The van der Waals surface area contributed by atoms with Crippen molar-refractivity contribution in [1.29, 1.82) is 0 Å². The Morgan fingerprint density at radius 3 is 2.80 bits per heavy atom. The van der Waals surface area contributed by atoms with Crippen LogP contribution >= 0.6 is 0 Å².